The van der Waals surface area contributed by atoms with Crippen LogP contribution < -0.4 is 0 Å². The topological polar surface area (TPSA) is 38.7 Å². The van der Waals surface area contributed by atoms with Crippen LogP contribution in [0.1, 0.15) is 5.69 Å². The zero-order valence-corrected chi connectivity index (χ0v) is 7.74. The first-order chi connectivity index (χ1) is 7.91. The van der Waals surface area contributed by atoms with Crippen molar-refractivity contribution in [2.75, 3.05) is 0 Å². The molecule has 1 aromatic rings. The van der Waals surface area contributed by atoms with Crippen molar-refractivity contribution in [3.05, 3.63) is 17.7 Å². The van der Waals surface area contributed by atoms with Crippen LogP contribution in [0.5, 0.6) is 0 Å². The van der Waals surface area contributed by atoms with Gasteiger partial charge in [-0.15, -0.1) is 5.10 Å². The Hall–Kier alpha value is -1.62. The van der Waals surface area contributed by atoms with Gasteiger partial charge in [0, 0.05) is 0 Å². The molecule has 1 heterocycles. The molecular weight excluding hydrogens is 285 g/mol. The summed E-state index contributed by atoms with van der Waals surface area (Å²) in [4.78, 5) is 1.85. The molecule has 12 heteroatoms. The van der Waals surface area contributed by atoms with Crippen LogP contribution in [0.25, 0.3) is 0 Å². The maximum absolute atomic E-state index is 13.2. The standard InChI is InChI=1S/C6F9N3/c7-2-1(16-3(8)18-17-2)4(9,5(10,11)12)6(13,14)15. The fourth-order valence-corrected chi connectivity index (χ4v) is 0.942. The second-order valence-electron chi connectivity index (χ2n) is 2.87. The first-order valence-electron chi connectivity index (χ1n) is 3.80. The van der Waals surface area contributed by atoms with Gasteiger partial charge in [-0.25, -0.2) is 4.39 Å². The maximum atomic E-state index is 13.2. The van der Waals surface area contributed by atoms with Crippen LogP contribution in [0.3, 0.4) is 0 Å². The summed E-state index contributed by atoms with van der Waals surface area (Å²) in [5, 5.41) is 4.09. The Balaban J connectivity index is 3.61. The van der Waals surface area contributed by atoms with Gasteiger partial charge >= 0.3 is 24.1 Å². The van der Waals surface area contributed by atoms with E-state index in [1.807, 2.05) is 10.1 Å². The molecule has 0 atom stereocenters. The first kappa shape index (κ1) is 14.4. The highest BCUT2D eigenvalue weighted by atomic mass is 19.4. The summed E-state index contributed by atoms with van der Waals surface area (Å²) in [5.41, 5.74) is -9.06. The van der Waals surface area contributed by atoms with E-state index in [0.29, 0.717) is 0 Å². The third kappa shape index (κ3) is 2.06. The number of alkyl halides is 7. The Morgan fingerprint density at radius 3 is 1.56 bits per heavy atom. The molecule has 3 nitrogen and oxygen atoms in total. The summed E-state index contributed by atoms with van der Waals surface area (Å²) in [6, 6.07) is 0. The summed E-state index contributed by atoms with van der Waals surface area (Å²) in [5.74, 6) is -2.62. The lowest BCUT2D eigenvalue weighted by atomic mass is 10.0. The minimum atomic E-state index is -6.60. The summed E-state index contributed by atoms with van der Waals surface area (Å²) < 4.78 is 111. The van der Waals surface area contributed by atoms with Crippen molar-refractivity contribution in [1.82, 2.24) is 15.2 Å². The predicted molar refractivity (Wildman–Crippen MR) is 34.6 cm³/mol. The van der Waals surface area contributed by atoms with Crippen molar-refractivity contribution in [3.63, 3.8) is 0 Å². The van der Waals surface area contributed by atoms with Crippen molar-refractivity contribution in [3.8, 4) is 0 Å². The number of nitrogens with zero attached hydrogens (tertiary/aromatic N) is 3. The summed E-state index contributed by atoms with van der Waals surface area (Å²) >= 11 is 0. The molecule has 0 saturated carbocycles. The van der Waals surface area contributed by atoms with E-state index in [1.165, 1.54) is 0 Å². The summed E-state index contributed by atoms with van der Waals surface area (Å²) in [6.07, 6.45) is -15.4. The zero-order valence-electron chi connectivity index (χ0n) is 7.74. The van der Waals surface area contributed by atoms with Crippen LogP contribution in [-0.4, -0.2) is 27.5 Å². The highest BCUT2D eigenvalue weighted by Crippen LogP contribution is 2.52. The van der Waals surface area contributed by atoms with E-state index in [-0.39, 0.29) is 0 Å². The van der Waals surface area contributed by atoms with Gasteiger partial charge < -0.3 is 0 Å². The molecule has 0 aliphatic heterocycles. The summed E-state index contributed by atoms with van der Waals surface area (Å²) in [7, 11) is 0. The molecule has 0 fully saturated rings. The Kier molecular flexibility index (Phi) is 3.17. The average Bonchev–Trinajstić information content (AvgIpc) is 2.17. The zero-order chi connectivity index (χ0) is 14.4. The first-order valence-corrected chi connectivity index (χ1v) is 3.80. The van der Waals surface area contributed by atoms with Crippen molar-refractivity contribution >= 4 is 0 Å². The van der Waals surface area contributed by atoms with Gasteiger partial charge in [0.2, 0.25) is 0 Å². The molecule has 0 N–H and O–H groups in total. The lowest BCUT2D eigenvalue weighted by molar-refractivity contribution is -0.351. The lowest BCUT2D eigenvalue weighted by Gasteiger charge is -2.28. The van der Waals surface area contributed by atoms with Crippen LogP contribution in [0, 0.1) is 12.0 Å². The van der Waals surface area contributed by atoms with Gasteiger partial charge in [0.1, 0.15) is 0 Å². The molecule has 0 aromatic carbocycles. The number of halogens is 9. The van der Waals surface area contributed by atoms with Gasteiger partial charge in [-0.3, -0.25) is 0 Å². The largest absolute Gasteiger partial charge is 0.437 e. The minimum Gasteiger partial charge on any atom is -0.216 e. The van der Waals surface area contributed by atoms with Crippen molar-refractivity contribution in [2.24, 2.45) is 0 Å². The second kappa shape index (κ2) is 3.95. The molecular formula is C6F9N3. The highest BCUT2D eigenvalue weighted by Gasteiger charge is 2.76. The van der Waals surface area contributed by atoms with E-state index in [2.05, 4.69) is 5.10 Å². The van der Waals surface area contributed by atoms with Crippen LogP contribution in [-0.2, 0) is 5.67 Å². The third-order valence-electron chi connectivity index (χ3n) is 1.73. The summed E-state index contributed by atoms with van der Waals surface area (Å²) in [6.45, 7) is 0. The molecule has 18 heavy (non-hydrogen) atoms. The van der Waals surface area contributed by atoms with Gasteiger partial charge in [-0.1, -0.05) is 5.10 Å². The van der Waals surface area contributed by atoms with Gasteiger partial charge in [-0.2, -0.15) is 40.1 Å². The van der Waals surface area contributed by atoms with Crippen LogP contribution in [0.4, 0.5) is 39.5 Å². The molecule has 0 unspecified atom stereocenters. The molecule has 1 rings (SSSR count). The lowest BCUT2D eigenvalue weighted by Crippen LogP contribution is -2.51. The van der Waals surface area contributed by atoms with E-state index >= 15 is 0 Å². The Bertz CT molecular complexity index is 437. The smallest absolute Gasteiger partial charge is 0.216 e. The SMILES string of the molecule is Fc1nnc(F)c(C(F)(C(F)(F)F)C(F)(F)F)n1. The van der Waals surface area contributed by atoms with E-state index in [1.54, 1.807) is 0 Å². The number of hydrogen-bond donors (Lipinski definition) is 0. The molecule has 1 aromatic heterocycles. The van der Waals surface area contributed by atoms with Crippen molar-refractivity contribution in [1.29, 1.82) is 0 Å². The van der Waals surface area contributed by atoms with Gasteiger partial charge in [0.05, 0.1) is 0 Å². The maximum Gasteiger partial charge on any atom is 0.437 e. The molecule has 102 valence electrons. The Morgan fingerprint density at radius 1 is 0.722 bits per heavy atom. The van der Waals surface area contributed by atoms with Crippen molar-refractivity contribution < 1.29 is 39.5 Å². The second-order valence-corrected chi connectivity index (χ2v) is 2.87. The van der Waals surface area contributed by atoms with E-state index in [0.717, 1.165) is 0 Å². The molecule has 0 saturated heterocycles. The van der Waals surface area contributed by atoms with Gasteiger partial charge in [-0.05, 0) is 0 Å². The van der Waals surface area contributed by atoms with Crippen LogP contribution in [0.2, 0.25) is 0 Å². The normalized spacial score (nSPS) is 13.8. The number of hydrogen-bond acceptors (Lipinski definition) is 3. The predicted octanol–water partition coefficient (Wildman–Crippen LogP) is 2.44. The fourth-order valence-electron chi connectivity index (χ4n) is 0.942. The van der Waals surface area contributed by atoms with Crippen molar-refractivity contribution in [2.45, 2.75) is 18.0 Å². The molecule has 0 spiro atoms. The van der Waals surface area contributed by atoms with E-state index < -0.39 is 35.7 Å². The monoisotopic (exact) mass is 285 g/mol. The van der Waals surface area contributed by atoms with E-state index in [4.69, 9.17) is 0 Å². The minimum absolute atomic E-state index is 1.85. The van der Waals surface area contributed by atoms with Gasteiger partial charge in [0.25, 0.3) is 5.95 Å². The van der Waals surface area contributed by atoms with E-state index in [9.17, 15) is 39.5 Å². The van der Waals surface area contributed by atoms with Gasteiger partial charge in [0.15, 0.2) is 5.69 Å². The third-order valence-corrected chi connectivity index (χ3v) is 1.73. The molecule has 0 amide bonds. The number of aromatic nitrogens is 3. The Morgan fingerprint density at radius 2 is 1.17 bits per heavy atom. The number of rotatable bonds is 1. The highest BCUT2D eigenvalue weighted by molar-refractivity contribution is 5.16. The Labute approximate surface area is 91.6 Å². The molecule has 0 bridgehead atoms. The molecule has 0 aliphatic carbocycles. The molecule has 0 radical (unpaired) electrons. The molecule has 0 aliphatic rings. The quantitative estimate of drug-likeness (QED) is 0.744. The van der Waals surface area contributed by atoms with Crippen LogP contribution in [0.15, 0.2) is 0 Å². The average molecular weight is 285 g/mol. The fraction of sp³-hybridized carbons (Fsp3) is 0.500. The van der Waals surface area contributed by atoms with Crippen LogP contribution >= 0.6 is 0 Å².